The summed E-state index contributed by atoms with van der Waals surface area (Å²) in [5.41, 5.74) is -0.458. The van der Waals surface area contributed by atoms with Gasteiger partial charge in [0.1, 0.15) is 0 Å². The van der Waals surface area contributed by atoms with Crippen LogP contribution in [-0.2, 0) is 0 Å². The summed E-state index contributed by atoms with van der Waals surface area (Å²) in [6.45, 7) is 2.35. The van der Waals surface area contributed by atoms with Crippen LogP contribution in [0.1, 0.15) is 45.4 Å². The summed E-state index contributed by atoms with van der Waals surface area (Å²) in [6.07, 6.45) is 6.80. The maximum atomic E-state index is 11.2. The molecule has 0 aromatic carbocycles. The second-order valence-electron chi connectivity index (χ2n) is 8.35. The average Bonchev–Trinajstić information content (AvgIpc) is 2.24. The summed E-state index contributed by atoms with van der Waals surface area (Å²) < 4.78 is 0. The van der Waals surface area contributed by atoms with Gasteiger partial charge in [0.15, 0.2) is 0 Å². The van der Waals surface area contributed by atoms with Crippen LogP contribution in [0.15, 0.2) is 0 Å². The lowest BCUT2D eigenvalue weighted by Crippen LogP contribution is -2.79. The topological polar surface area (TPSA) is 40.5 Å². The van der Waals surface area contributed by atoms with Crippen molar-refractivity contribution >= 4 is 0 Å². The minimum atomic E-state index is -0.399. The van der Waals surface area contributed by atoms with Crippen LogP contribution >= 0.6 is 0 Å². The molecule has 0 aliphatic heterocycles. The highest BCUT2D eigenvalue weighted by atomic mass is 16.3. The Morgan fingerprint density at radius 3 is 2.00 bits per heavy atom. The summed E-state index contributed by atoms with van der Waals surface area (Å²) >= 11 is 0. The van der Waals surface area contributed by atoms with Gasteiger partial charge in [0.25, 0.3) is 0 Å². The molecule has 0 saturated heterocycles. The van der Waals surface area contributed by atoms with E-state index in [1.165, 1.54) is 25.7 Å². The zero-order valence-electron chi connectivity index (χ0n) is 10.5. The fourth-order valence-corrected chi connectivity index (χ4v) is 7.30. The van der Waals surface area contributed by atoms with Gasteiger partial charge < -0.3 is 10.2 Å². The molecule has 0 spiro atoms. The van der Waals surface area contributed by atoms with Crippen molar-refractivity contribution in [1.82, 2.24) is 0 Å². The van der Waals surface area contributed by atoms with E-state index in [0.29, 0.717) is 35.0 Å². The lowest BCUT2D eigenvalue weighted by atomic mass is 9.30. The highest BCUT2D eigenvalue weighted by Gasteiger charge is 2.76. The molecule has 7 saturated carbocycles. The summed E-state index contributed by atoms with van der Waals surface area (Å²) in [7, 11) is 0. The van der Waals surface area contributed by atoms with Crippen LogP contribution in [0.3, 0.4) is 0 Å². The fourth-order valence-electron chi connectivity index (χ4n) is 7.30. The summed E-state index contributed by atoms with van der Waals surface area (Å²) in [6, 6.07) is 0. The smallest absolute Gasteiger partial charge is 0.0716 e. The molecule has 0 amide bonds. The average molecular weight is 234 g/mol. The van der Waals surface area contributed by atoms with Crippen LogP contribution in [0.2, 0.25) is 0 Å². The number of hydrogen-bond acceptors (Lipinski definition) is 2. The Morgan fingerprint density at radius 1 is 0.824 bits per heavy atom. The van der Waals surface area contributed by atoms with Crippen molar-refractivity contribution < 1.29 is 10.2 Å². The van der Waals surface area contributed by atoms with Crippen molar-refractivity contribution in [2.24, 2.45) is 35.0 Å². The molecule has 4 atom stereocenters. The third kappa shape index (κ3) is 0.831. The van der Waals surface area contributed by atoms with Gasteiger partial charge in [-0.25, -0.2) is 0 Å². The Morgan fingerprint density at radius 2 is 1.41 bits per heavy atom. The fraction of sp³-hybridized carbons (Fsp3) is 1.00. The molecule has 7 aliphatic carbocycles. The maximum Gasteiger partial charge on any atom is 0.0716 e. The molecular weight excluding hydrogens is 212 g/mol. The van der Waals surface area contributed by atoms with Gasteiger partial charge in [0, 0.05) is 0 Å². The van der Waals surface area contributed by atoms with Gasteiger partial charge in [0.05, 0.1) is 11.2 Å². The molecule has 2 nitrogen and oxygen atoms in total. The van der Waals surface area contributed by atoms with Crippen LogP contribution in [0.4, 0.5) is 0 Å². The molecule has 4 unspecified atom stereocenters. The molecule has 0 heterocycles. The monoisotopic (exact) mass is 234 g/mol. The standard InChI is InChI=1S/C15H22O2/c1-13-5-11-9-2-8-3-10(15(9,17)7-13)12(6-13)14(11,16)4-8/h8-12,16-17H,2-7H2,1H3. The number of aliphatic hydroxyl groups is 2. The largest absolute Gasteiger partial charge is 0.389 e. The van der Waals surface area contributed by atoms with Crippen molar-refractivity contribution in [2.75, 3.05) is 0 Å². The van der Waals surface area contributed by atoms with E-state index in [9.17, 15) is 10.2 Å². The summed E-state index contributed by atoms with van der Waals surface area (Å²) in [5.74, 6) is 2.39. The highest BCUT2D eigenvalue weighted by molar-refractivity contribution is 5.26. The Hall–Kier alpha value is -0.0800. The molecular formula is C15H22O2. The lowest BCUT2D eigenvalue weighted by molar-refractivity contribution is -0.356. The summed E-state index contributed by atoms with van der Waals surface area (Å²) in [5, 5.41) is 22.3. The first-order valence-corrected chi connectivity index (χ1v) is 7.39. The van der Waals surface area contributed by atoms with Crippen molar-refractivity contribution in [3.63, 3.8) is 0 Å². The minimum Gasteiger partial charge on any atom is -0.389 e. The van der Waals surface area contributed by atoms with Crippen LogP contribution in [0.5, 0.6) is 0 Å². The molecule has 7 fully saturated rings. The third-order valence-electron chi connectivity index (χ3n) is 7.47. The zero-order valence-corrected chi connectivity index (χ0v) is 10.5. The second-order valence-corrected chi connectivity index (χ2v) is 8.35. The highest BCUT2D eigenvalue weighted by Crippen LogP contribution is 2.76. The van der Waals surface area contributed by atoms with E-state index in [0.717, 1.165) is 12.8 Å². The quantitative estimate of drug-likeness (QED) is 0.672. The first-order chi connectivity index (χ1) is 7.95. The predicted octanol–water partition coefficient (Wildman–Crippen LogP) is 1.94. The van der Waals surface area contributed by atoms with E-state index in [1.807, 2.05) is 0 Å². The van der Waals surface area contributed by atoms with Crippen LogP contribution in [0.25, 0.3) is 0 Å². The Kier molecular flexibility index (Phi) is 1.35. The van der Waals surface area contributed by atoms with Crippen LogP contribution in [-0.4, -0.2) is 21.4 Å². The second kappa shape index (κ2) is 2.34. The van der Waals surface area contributed by atoms with Gasteiger partial charge in [0.2, 0.25) is 0 Å². The zero-order chi connectivity index (χ0) is 11.6. The lowest BCUT2D eigenvalue weighted by Gasteiger charge is -2.77. The Labute approximate surface area is 102 Å². The van der Waals surface area contributed by atoms with Crippen LogP contribution < -0.4 is 0 Å². The van der Waals surface area contributed by atoms with E-state index in [2.05, 4.69) is 6.92 Å². The van der Waals surface area contributed by atoms with Crippen molar-refractivity contribution in [2.45, 2.75) is 56.7 Å². The maximum absolute atomic E-state index is 11.2. The first kappa shape index (κ1) is 9.80. The van der Waals surface area contributed by atoms with Crippen molar-refractivity contribution in [1.29, 1.82) is 0 Å². The minimum absolute atomic E-state index is 0.327. The molecule has 0 aromatic heterocycles. The third-order valence-corrected chi connectivity index (χ3v) is 7.47. The number of hydrogen-bond donors (Lipinski definition) is 2. The summed E-state index contributed by atoms with van der Waals surface area (Å²) in [4.78, 5) is 0. The molecule has 2 N–H and O–H groups in total. The molecule has 0 radical (unpaired) electrons. The van der Waals surface area contributed by atoms with Gasteiger partial charge in [-0.15, -0.1) is 0 Å². The van der Waals surface area contributed by atoms with Gasteiger partial charge in [-0.2, -0.15) is 0 Å². The van der Waals surface area contributed by atoms with E-state index >= 15 is 0 Å². The van der Waals surface area contributed by atoms with Gasteiger partial charge in [-0.3, -0.25) is 0 Å². The Bertz CT molecular complexity index is 391. The molecule has 2 heteroatoms. The molecule has 17 heavy (non-hydrogen) atoms. The SMILES string of the molecule is CC12CC3C4CC5CC(C(C1)C3(O)C5)C4(O)C2. The molecule has 7 rings (SSSR count). The van der Waals surface area contributed by atoms with E-state index < -0.39 is 5.60 Å². The molecule has 7 aliphatic rings. The van der Waals surface area contributed by atoms with Crippen molar-refractivity contribution in [3.05, 3.63) is 0 Å². The van der Waals surface area contributed by atoms with Crippen molar-refractivity contribution in [3.8, 4) is 0 Å². The van der Waals surface area contributed by atoms with E-state index in [1.54, 1.807) is 0 Å². The Balaban J connectivity index is 1.76. The first-order valence-electron chi connectivity index (χ1n) is 7.39. The predicted molar refractivity (Wildman–Crippen MR) is 63.2 cm³/mol. The normalized spacial score (nSPS) is 74.6. The molecule has 8 bridgehead atoms. The molecule has 0 aromatic rings. The van der Waals surface area contributed by atoms with Gasteiger partial charge in [-0.1, -0.05) is 6.92 Å². The van der Waals surface area contributed by atoms with E-state index in [-0.39, 0.29) is 5.60 Å². The van der Waals surface area contributed by atoms with Crippen LogP contribution in [0, 0.1) is 35.0 Å². The van der Waals surface area contributed by atoms with Gasteiger partial charge in [-0.05, 0) is 73.5 Å². The van der Waals surface area contributed by atoms with Gasteiger partial charge >= 0.3 is 0 Å². The number of rotatable bonds is 0. The molecule has 94 valence electrons. The van der Waals surface area contributed by atoms with E-state index in [4.69, 9.17) is 0 Å².